The number of carbonyl (C=O) groups is 1. The Morgan fingerprint density at radius 3 is 2.42 bits per heavy atom. The van der Waals surface area contributed by atoms with E-state index in [4.69, 9.17) is 28.2 Å². The van der Waals surface area contributed by atoms with E-state index >= 15 is 0 Å². The molecular formula is C23H21Cl2N7O. The van der Waals surface area contributed by atoms with Gasteiger partial charge in [-0.05, 0) is 0 Å². The van der Waals surface area contributed by atoms with Crippen molar-refractivity contribution in [2.24, 2.45) is 0 Å². The number of halogens is 2. The van der Waals surface area contributed by atoms with Crippen molar-refractivity contribution in [2.45, 2.75) is 0 Å². The van der Waals surface area contributed by atoms with Crippen LogP contribution in [0, 0.1) is 0 Å². The Morgan fingerprint density at radius 1 is 0.970 bits per heavy atom. The largest absolute Gasteiger partial charge is 0.365 e. The van der Waals surface area contributed by atoms with Gasteiger partial charge in [0.15, 0.2) is 5.65 Å². The minimum Gasteiger partial charge on any atom is -0.365 e. The number of hydrogen-bond acceptors (Lipinski definition) is 6. The third kappa shape index (κ3) is 4.31. The number of pyridine rings is 1. The highest BCUT2D eigenvalue weighted by molar-refractivity contribution is 6.38. The molecule has 8 nitrogen and oxygen atoms in total. The van der Waals surface area contributed by atoms with Crippen LogP contribution < -0.4 is 10.2 Å². The van der Waals surface area contributed by atoms with E-state index < -0.39 is 0 Å². The molecule has 1 aliphatic rings. The summed E-state index contributed by atoms with van der Waals surface area (Å²) < 4.78 is 1.91. The van der Waals surface area contributed by atoms with Crippen molar-refractivity contribution in [3.05, 3.63) is 71.4 Å². The molecule has 1 amide bonds. The maximum Gasteiger partial charge on any atom is 0.242 e. The van der Waals surface area contributed by atoms with Crippen LogP contribution >= 0.6 is 23.2 Å². The Labute approximate surface area is 200 Å². The number of hydrogen-bond donors (Lipinski definition) is 1. The smallest absolute Gasteiger partial charge is 0.242 e. The maximum atomic E-state index is 13.0. The number of piperazine rings is 1. The Morgan fingerprint density at radius 2 is 1.70 bits per heavy atom. The minimum absolute atomic E-state index is 0.0181. The van der Waals surface area contributed by atoms with Gasteiger partial charge in [-0.3, -0.25) is 19.2 Å². The average molecular weight is 482 g/mol. The van der Waals surface area contributed by atoms with Gasteiger partial charge in [0.2, 0.25) is 5.91 Å². The second-order valence-electron chi connectivity index (χ2n) is 7.65. The summed E-state index contributed by atoms with van der Waals surface area (Å²) in [6.07, 6.45) is 8.40. The summed E-state index contributed by atoms with van der Waals surface area (Å²) in [4.78, 5) is 29.8. The van der Waals surface area contributed by atoms with Crippen LogP contribution in [0.1, 0.15) is 0 Å². The van der Waals surface area contributed by atoms with Crippen molar-refractivity contribution in [2.75, 3.05) is 42.9 Å². The predicted molar refractivity (Wildman–Crippen MR) is 130 cm³/mol. The SMILES string of the molecule is O=C(CNc1c(-c2ccccc2)nc2cnccn12)N1CCN(c2c(Cl)cncc2Cl)CC1. The molecule has 0 radical (unpaired) electrons. The first kappa shape index (κ1) is 21.5. The molecule has 0 unspecified atom stereocenters. The molecular weight excluding hydrogens is 461 g/mol. The van der Waals surface area contributed by atoms with E-state index in [2.05, 4.69) is 20.2 Å². The minimum atomic E-state index is 0.0181. The first-order chi connectivity index (χ1) is 16.1. The highest BCUT2D eigenvalue weighted by atomic mass is 35.5. The monoisotopic (exact) mass is 481 g/mol. The molecule has 1 N–H and O–H groups in total. The van der Waals surface area contributed by atoms with Gasteiger partial charge in [-0.15, -0.1) is 0 Å². The van der Waals surface area contributed by atoms with Crippen molar-refractivity contribution in [3.8, 4) is 11.3 Å². The number of nitrogens with zero attached hydrogens (tertiary/aromatic N) is 6. The molecule has 0 spiro atoms. The lowest BCUT2D eigenvalue weighted by Gasteiger charge is -2.36. The second-order valence-corrected chi connectivity index (χ2v) is 8.47. The van der Waals surface area contributed by atoms with Crippen LogP contribution in [-0.2, 0) is 4.79 Å². The lowest BCUT2D eigenvalue weighted by molar-refractivity contribution is -0.129. The van der Waals surface area contributed by atoms with E-state index in [0.717, 1.165) is 22.8 Å². The van der Waals surface area contributed by atoms with Crippen molar-refractivity contribution in [1.29, 1.82) is 0 Å². The Hall–Kier alpha value is -3.36. The second kappa shape index (κ2) is 9.25. The number of benzene rings is 1. The van der Waals surface area contributed by atoms with Crippen molar-refractivity contribution in [3.63, 3.8) is 0 Å². The van der Waals surface area contributed by atoms with Crippen LogP contribution in [0.3, 0.4) is 0 Å². The van der Waals surface area contributed by atoms with Gasteiger partial charge in [-0.1, -0.05) is 53.5 Å². The molecule has 10 heteroatoms. The topological polar surface area (TPSA) is 78.7 Å². The van der Waals surface area contributed by atoms with Crippen LogP contribution in [-0.4, -0.2) is 62.9 Å². The summed E-state index contributed by atoms with van der Waals surface area (Å²) in [6, 6.07) is 9.89. The van der Waals surface area contributed by atoms with Gasteiger partial charge >= 0.3 is 0 Å². The first-order valence-electron chi connectivity index (χ1n) is 10.5. The zero-order chi connectivity index (χ0) is 22.8. The molecule has 0 saturated carbocycles. The number of nitrogens with one attached hydrogen (secondary N) is 1. The molecule has 168 valence electrons. The number of amides is 1. The molecule has 33 heavy (non-hydrogen) atoms. The molecule has 0 bridgehead atoms. The summed E-state index contributed by atoms with van der Waals surface area (Å²) in [5.41, 5.74) is 3.23. The van der Waals surface area contributed by atoms with Crippen molar-refractivity contribution < 1.29 is 4.79 Å². The third-order valence-electron chi connectivity index (χ3n) is 5.66. The zero-order valence-corrected chi connectivity index (χ0v) is 19.2. The molecule has 1 fully saturated rings. The van der Waals surface area contributed by atoms with Crippen molar-refractivity contribution in [1.82, 2.24) is 24.3 Å². The summed E-state index contributed by atoms with van der Waals surface area (Å²) in [5.74, 6) is 0.783. The van der Waals surface area contributed by atoms with E-state index in [1.165, 1.54) is 0 Å². The quantitative estimate of drug-likeness (QED) is 0.466. The van der Waals surface area contributed by atoms with Gasteiger partial charge in [0.05, 0.1) is 28.5 Å². The first-order valence-corrected chi connectivity index (χ1v) is 11.3. The Bertz CT molecular complexity index is 1270. The fourth-order valence-corrected chi connectivity index (χ4v) is 4.63. The van der Waals surface area contributed by atoms with Crippen LogP contribution in [0.4, 0.5) is 11.5 Å². The van der Waals surface area contributed by atoms with Gasteiger partial charge < -0.3 is 15.1 Å². The van der Waals surface area contributed by atoms with Gasteiger partial charge in [0, 0.05) is 56.5 Å². The van der Waals surface area contributed by atoms with Gasteiger partial charge in [0.1, 0.15) is 11.5 Å². The molecule has 4 heterocycles. The number of aromatic nitrogens is 4. The van der Waals surface area contributed by atoms with Crippen LogP contribution in [0.2, 0.25) is 10.0 Å². The highest BCUT2D eigenvalue weighted by Gasteiger charge is 2.24. The lowest BCUT2D eigenvalue weighted by Crippen LogP contribution is -2.50. The molecule has 1 aromatic carbocycles. The molecule has 0 atom stereocenters. The van der Waals surface area contributed by atoms with E-state index in [1.807, 2.05) is 45.8 Å². The number of rotatable bonds is 5. The predicted octanol–water partition coefficient (Wildman–Crippen LogP) is 3.86. The number of anilines is 2. The summed E-state index contributed by atoms with van der Waals surface area (Å²) in [7, 11) is 0. The summed E-state index contributed by atoms with van der Waals surface area (Å²) in [5, 5.41) is 4.34. The fourth-order valence-electron chi connectivity index (χ4n) is 4.03. The Kier molecular flexibility index (Phi) is 6.02. The van der Waals surface area contributed by atoms with E-state index in [-0.39, 0.29) is 12.5 Å². The standard InChI is InChI=1S/C23H21Cl2N7O/c24-17-12-27-13-18(25)22(17)31-10-8-30(9-11-31)20(33)15-28-23-21(16-4-2-1-3-5-16)29-19-14-26-6-7-32(19)23/h1-7,12-14,28H,8-11,15H2. The maximum absolute atomic E-state index is 13.0. The fraction of sp³-hybridized carbons (Fsp3) is 0.217. The average Bonchev–Trinajstić information content (AvgIpc) is 3.22. The van der Waals surface area contributed by atoms with Gasteiger partial charge in [0.25, 0.3) is 0 Å². The van der Waals surface area contributed by atoms with Crippen LogP contribution in [0.25, 0.3) is 16.9 Å². The molecule has 4 aromatic rings. The molecule has 3 aromatic heterocycles. The molecule has 1 saturated heterocycles. The summed E-state index contributed by atoms with van der Waals surface area (Å²) >= 11 is 12.6. The van der Waals surface area contributed by atoms with Gasteiger partial charge in [-0.25, -0.2) is 4.98 Å². The van der Waals surface area contributed by atoms with Crippen LogP contribution in [0.5, 0.6) is 0 Å². The summed E-state index contributed by atoms with van der Waals surface area (Å²) in [6.45, 7) is 2.61. The number of carbonyl (C=O) groups excluding carboxylic acids is 1. The van der Waals surface area contributed by atoms with Crippen LogP contribution in [0.15, 0.2) is 61.3 Å². The lowest BCUT2D eigenvalue weighted by atomic mass is 10.1. The van der Waals surface area contributed by atoms with Crippen molar-refractivity contribution >= 4 is 46.3 Å². The van der Waals surface area contributed by atoms with E-state index in [1.54, 1.807) is 24.8 Å². The Balaban J connectivity index is 1.29. The number of fused-ring (bicyclic) bond motifs is 1. The number of imidazole rings is 1. The highest BCUT2D eigenvalue weighted by Crippen LogP contribution is 2.33. The van der Waals surface area contributed by atoms with E-state index in [0.29, 0.717) is 41.9 Å². The zero-order valence-electron chi connectivity index (χ0n) is 17.7. The molecule has 0 aliphatic carbocycles. The third-order valence-corrected chi connectivity index (χ3v) is 6.21. The normalized spacial score (nSPS) is 14.0. The van der Waals surface area contributed by atoms with E-state index in [9.17, 15) is 4.79 Å². The van der Waals surface area contributed by atoms with Gasteiger partial charge in [-0.2, -0.15) is 0 Å². The molecule has 5 rings (SSSR count). The molecule has 1 aliphatic heterocycles.